The van der Waals surface area contributed by atoms with Crippen molar-refractivity contribution in [2.75, 3.05) is 98.2 Å². The van der Waals surface area contributed by atoms with Gasteiger partial charge in [0, 0.05) is 60.8 Å². The van der Waals surface area contributed by atoms with E-state index < -0.39 is 0 Å². The maximum absolute atomic E-state index is 13.4. The number of pyridine rings is 2. The van der Waals surface area contributed by atoms with Gasteiger partial charge in [-0.15, -0.1) is 0 Å². The molecular formula is C43H53N9O2. The topological polar surface area (TPSA) is 118 Å². The van der Waals surface area contributed by atoms with Gasteiger partial charge in [0.15, 0.2) is 0 Å². The molecule has 11 heteroatoms. The highest BCUT2D eigenvalue weighted by atomic mass is 16.2. The van der Waals surface area contributed by atoms with Crippen molar-refractivity contribution in [2.45, 2.75) is 12.8 Å². The zero-order valence-electron chi connectivity index (χ0n) is 32.2. The maximum Gasteiger partial charge on any atom is 0.253 e. The molecule has 0 spiro atoms. The van der Waals surface area contributed by atoms with Gasteiger partial charge in [-0.1, -0.05) is 36.4 Å². The number of hydrogen-bond acceptors (Lipinski definition) is 9. The number of hydrogen-bond donors (Lipinski definition) is 4. The third kappa shape index (κ3) is 9.59. The van der Waals surface area contributed by atoms with Gasteiger partial charge in [0.1, 0.15) is 0 Å². The van der Waals surface area contributed by atoms with Crippen LogP contribution in [0.3, 0.4) is 0 Å². The third-order valence-corrected chi connectivity index (χ3v) is 9.62. The van der Waals surface area contributed by atoms with Crippen LogP contribution in [0.2, 0.25) is 0 Å². The van der Waals surface area contributed by atoms with Gasteiger partial charge in [-0.2, -0.15) is 0 Å². The quantitative estimate of drug-likeness (QED) is 0.0634. The third-order valence-electron chi connectivity index (χ3n) is 9.62. The number of nitrogens with one attached hydrogen (secondary N) is 4. The number of rotatable bonds is 18. The second-order valence-electron chi connectivity index (χ2n) is 14.5. The van der Waals surface area contributed by atoms with Crippen molar-refractivity contribution in [2.24, 2.45) is 0 Å². The molecule has 0 aliphatic carbocycles. The fourth-order valence-electron chi connectivity index (χ4n) is 6.67. The smallest absolute Gasteiger partial charge is 0.253 e. The lowest BCUT2D eigenvalue weighted by atomic mass is 10.0. The summed E-state index contributed by atoms with van der Waals surface area (Å²) in [5.74, 6) is -0.188. The summed E-state index contributed by atoms with van der Waals surface area (Å²) in [6, 6.07) is 28.0. The van der Waals surface area contributed by atoms with E-state index in [4.69, 9.17) is 9.97 Å². The summed E-state index contributed by atoms with van der Waals surface area (Å²) in [4.78, 5) is 42.9. The van der Waals surface area contributed by atoms with Crippen LogP contribution in [0.15, 0.2) is 84.9 Å². The zero-order chi connectivity index (χ0) is 38.0. The minimum atomic E-state index is -0.0941. The summed E-state index contributed by atoms with van der Waals surface area (Å²) >= 11 is 0. The van der Waals surface area contributed by atoms with Gasteiger partial charge >= 0.3 is 0 Å². The Kier molecular flexibility index (Phi) is 12.9. The normalized spacial score (nSPS) is 11.7. The number of likely N-dealkylation sites (N-methyl/N-ethyl adjacent to an activating group) is 2. The second kappa shape index (κ2) is 18.1. The Morgan fingerprint density at radius 3 is 1.37 bits per heavy atom. The number of carbonyl (C=O) groups is 2. The fourth-order valence-corrected chi connectivity index (χ4v) is 6.67. The number of benzene rings is 4. The van der Waals surface area contributed by atoms with Crippen LogP contribution >= 0.6 is 0 Å². The number of anilines is 2. The molecule has 0 saturated carbocycles. The average Bonchev–Trinajstić information content (AvgIpc) is 3.16. The molecule has 0 atom stereocenters. The van der Waals surface area contributed by atoms with Gasteiger partial charge in [-0.3, -0.25) is 9.59 Å². The molecule has 0 radical (unpaired) electrons. The highest BCUT2D eigenvalue weighted by molar-refractivity contribution is 6.11. The SMILES string of the molecule is CN(C)CCNC(=O)c1ccc2nc3ccccc3cc2c1NCCCN(C)CCCNc1c(C(=O)NCCN(C)C)ccc2nc3ccccc3cc12. The molecule has 11 nitrogen and oxygen atoms in total. The summed E-state index contributed by atoms with van der Waals surface area (Å²) in [5, 5.41) is 17.3. The van der Waals surface area contributed by atoms with Gasteiger partial charge in [-0.25, -0.2) is 9.97 Å². The van der Waals surface area contributed by atoms with Crippen molar-refractivity contribution in [3.63, 3.8) is 0 Å². The summed E-state index contributed by atoms with van der Waals surface area (Å²) < 4.78 is 0. The van der Waals surface area contributed by atoms with E-state index in [1.54, 1.807) is 0 Å². The van der Waals surface area contributed by atoms with Crippen molar-refractivity contribution < 1.29 is 9.59 Å². The molecule has 0 aliphatic rings. The first-order valence-electron chi connectivity index (χ1n) is 18.8. The van der Waals surface area contributed by atoms with Crippen LogP contribution in [0, 0.1) is 0 Å². The van der Waals surface area contributed by atoms with E-state index in [1.165, 1.54) is 0 Å². The number of fused-ring (bicyclic) bond motifs is 4. The molecule has 0 aliphatic heterocycles. The van der Waals surface area contributed by atoms with Crippen molar-refractivity contribution >= 4 is 66.8 Å². The van der Waals surface area contributed by atoms with Crippen LogP contribution in [-0.2, 0) is 0 Å². The first kappa shape index (κ1) is 38.4. The molecule has 54 heavy (non-hydrogen) atoms. The van der Waals surface area contributed by atoms with Crippen molar-refractivity contribution in [3.8, 4) is 0 Å². The van der Waals surface area contributed by atoms with Crippen molar-refractivity contribution in [1.82, 2.24) is 35.3 Å². The van der Waals surface area contributed by atoms with E-state index in [0.717, 1.165) is 94.0 Å². The molecule has 6 rings (SSSR count). The lowest BCUT2D eigenvalue weighted by molar-refractivity contribution is 0.0943. The van der Waals surface area contributed by atoms with Crippen LogP contribution in [-0.4, -0.2) is 124 Å². The van der Waals surface area contributed by atoms with Crippen LogP contribution in [0.25, 0.3) is 43.6 Å². The Balaban J connectivity index is 1.08. The Bertz CT molecular complexity index is 2080. The van der Waals surface area contributed by atoms with E-state index in [2.05, 4.69) is 67.3 Å². The first-order chi connectivity index (χ1) is 26.2. The van der Waals surface area contributed by atoms with Crippen LogP contribution in [0.1, 0.15) is 33.6 Å². The Morgan fingerprint density at radius 2 is 0.944 bits per heavy atom. The summed E-state index contributed by atoms with van der Waals surface area (Å²) in [6.07, 6.45) is 1.78. The summed E-state index contributed by atoms with van der Waals surface area (Å²) in [7, 11) is 10.1. The Labute approximate surface area is 318 Å². The predicted molar refractivity (Wildman–Crippen MR) is 224 cm³/mol. The van der Waals surface area contributed by atoms with E-state index >= 15 is 0 Å². The van der Waals surface area contributed by atoms with E-state index in [-0.39, 0.29) is 11.8 Å². The van der Waals surface area contributed by atoms with Gasteiger partial charge in [0.2, 0.25) is 0 Å². The number of amides is 2. The monoisotopic (exact) mass is 727 g/mol. The summed E-state index contributed by atoms with van der Waals surface area (Å²) in [6.45, 7) is 5.84. The standard InChI is InChI=1S/C43H53N9O2/c1-50(2)26-22-46-42(53)32-16-18-38-34(28-30-12-6-8-14-36(30)48-38)40(32)44-20-10-24-52(5)25-11-21-45-41-33(43(54)47-23-27-51(3)4)17-19-39-35(41)29-31-13-7-9-15-37(31)49-39/h6-9,12-19,28-29,44-45H,10-11,20-27H2,1-5H3,(H,46,53)(H,47,54). The average molecular weight is 728 g/mol. The molecule has 2 aromatic heterocycles. The Hall–Kier alpha value is -5.36. The highest BCUT2D eigenvalue weighted by Crippen LogP contribution is 2.31. The molecule has 282 valence electrons. The largest absolute Gasteiger partial charge is 0.384 e. The van der Waals surface area contributed by atoms with Crippen LogP contribution in [0.5, 0.6) is 0 Å². The number of aromatic nitrogens is 2. The lowest BCUT2D eigenvalue weighted by Gasteiger charge is -2.20. The van der Waals surface area contributed by atoms with Gasteiger partial charge < -0.3 is 36.0 Å². The Morgan fingerprint density at radius 1 is 0.519 bits per heavy atom. The second-order valence-corrected chi connectivity index (χ2v) is 14.5. The van der Waals surface area contributed by atoms with Gasteiger partial charge in [0.25, 0.3) is 11.8 Å². The molecule has 0 bridgehead atoms. The minimum absolute atomic E-state index is 0.0941. The van der Waals surface area contributed by atoms with Crippen molar-refractivity contribution in [1.29, 1.82) is 0 Å². The fraction of sp³-hybridized carbons (Fsp3) is 0.349. The minimum Gasteiger partial charge on any atom is -0.384 e. The zero-order valence-corrected chi connectivity index (χ0v) is 32.2. The molecule has 0 saturated heterocycles. The molecule has 2 amide bonds. The molecule has 2 heterocycles. The van der Waals surface area contributed by atoms with Gasteiger partial charge in [0.05, 0.1) is 44.6 Å². The van der Waals surface area contributed by atoms with Crippen LogP contribution < -0.4 is 21.3 Å². The maximum atomic E-state index is 13.4. The molecule has 6 aromatic rings. The van der Waals surface area contributed by atoms with Gasteiger partial charge in [-0.05, 0) is 110 Å². The molecule has 4 N–H and O–H groups in total. The highest BCUT2D eigenvalue weighted by Gasteiger charge is 2.18. The van der Waals surface area contributed by atoms with E-state index in [1.807, 2.05) is 88.9 Å². The predicted octanol–water partition coefficient (Wildman–Crippen LogP) is 5.91. The summed E-state index contributed by atoms with van der Waals surface area (Å²) in [5.41, 5.74) is 6.46. The van der Waals surface area contributed by atoms with E-state index in [9.17, 15) is 9.59 Å². The molecule has 0 unspecified atom stereocenters. The van der Waals surface area contributed by atoms with E-state index in [0.29, 0.717) is 37.3 Å². The molecule has 0 fully saturated rings. The molecular weight excluding hydrogens is 675 g/mol. The lowest BCUT2D eigenvalue weighted by Crippen LogP contribution is -2.32. The number of carbonyl (C=O) groups excluding carboxylic acids is 2. The first-order valence-corrected chi connectivity index (χ1v) is 18.8. The van der Waals surface area contributed by atoms with Crippen LogP contribution in [0.4, 0.5) is 11.4 Å². The molecule has 4 aromatic carbocycles. The number of para-hydroxylation sites is 2. The van der Waals surface area contributed by atoms with Crippen molar-refractivity contribution in [3.05, 3.63) is 96.1 Å². The number of nitrogens with zero attached hydrogens (tertiary/aromatic N) is 5.